The topological polar surface area (TPSA) is 0 Å². The van der Waals surface area contributed by atoms with Crippen LogP contribution in [0.25, 0.3) is 0 Å². The molecule has 0 aliphatic carbocycles. The fourth-order valence-corrected chi connectivity index (χ4v) is 0. The van der Waals surface area contributed by atoms with Crippen LogP contribution in [0.5, 0.6) is 0 Å². The molecule has 17 heavy (non-hydrogen) atoms. The maximum Gasteiger partial charge on any atom is 0 e. The van der Waals surface area contributed by atoms with Crippen molar-refractivity contribution in [1.29, 1.82) is 0 Å². The third kappa shape index (κ3) is 166. The van der Waals surface area contributed by atoms with Gasteiger partial charge in [0.1, 0.15) is 0 Å². The Hall–Kier alpha value is 0.623. The molecule has 0 saturated heterocycles. The van der Waals surface area contributed by atoms with Crippen molar-refractivity contribution in [2.24, 2.45) is 0 Å². The first-order valence-corrected chi connectivity index (χ1v) is 6.83. The monoisotopic (exact) mass is 292 g/mol. The zero-order chi connectivity index (χ0) is 13.7. The van der Waals surface area contributed by atoms with E-state index in [9.17, 15) is 0 Å². The van der Waals surface area contributed by atoms with Crippen molar-refractivity contribution in [1.82, 2.24) is 0 Å². The molecule has 106 valence electrons. The van der Waals surface area contributed by atoms with Crippen LogP contribution in [0.15, 0.2) is 0 Å². The second-order valence-corrected chi connectivity index (χ2v) is 3.41. The van der Waals surface area contributed by atoms with E-state index in [-0.39, 0.29) is 19.5 Å². The third-order valence-corrected chi connectivity index (χ3v) is 1.41. The van der Waals surface area contributed by atoms with Crippen molar-refractivity contribution in [3.05, 3.63) is 27.7 Å². The average Bonchev–Trinajstić information content (AvgIpc) is 2.39. The molecule has 0 nitrogen and oxygen atoms in total. The van der Waals surface area contributed by atoms with E-state index in [1.165, 1.54) is 25.7 Å². The minimum absolute atomic E-state index is 0. The van der Waals surface area contributed by atoms with Gasteiger partial charge in [0.2, 0.25) is 0 Å². The molecule has 0 radical (unpaired) electrons. The van der Waals surface area contributed by atoms with Crippen LogP contribution < -0.4 is 0 Å². The van der Waals surface area contributed by atoms with E-state index in [1.54, 1.807) is 0 Å². The van der Waals surface area contributed by atoms with Gasteiger partial charge in [-0.2, -0.15) is 25.7 Å². The zero-order valence-electron chi connectivity index (χ0n) is 13.2. The van der Waals surface area contributed by atoms with Crippen molar-refractivity contribution < 1.29 is 19.5 Å². The van der Waals surface area contributed by atoms with Gasteiger partial charge >= 0.3 is 0 Å². The fourth-order valence-electron chi connectivity index (χ4n) is 0. The zero-order valence-corrected chi connectivity index (χ0v) is 16.2. The Balaban J connectivity index is -0.0000000369. The molecule has 1 heteroatoms. The van der Waals surface area contributed by atoms with Crippen molar-refractivity contribution in [3.63, 3.8) is 0 Å². The fraction of sp³-hybridized carbons (Fsp3) is 0.750. The number of hydrogen-bond acceptors (Lipinski definition) is 0. The Morgan fingerprint density at radius 3 is 0.529 bits per heavy atom. The summed E-state index contributed by atoms with van der Waals surface area (Å²) >= 11 is 0. The molecule has 0 saturated carbocycles. The molecule has 0 rings (SSSR count). The van der Waals surface area contributed by atoms with Crippen LogP contribution in [0.2, 0.25) is 0 Å². The van der Waals surface area contributed by atoms with Crippen molar-refractivity contribution in [3.8, 4) is 0 Å². The first kappa shape index (κ1) is 30.6. The summed E-state index contributed by atoms with van der Waals surface area (Å²) in [6.07, 6.45) is 9.11. The summed E-state index contributed by atoms with van der Waals surface area (Å²) in [6.45, 7) is 22.9. The summed E-state index contributed by atoms with van der Waals surface area (Å²) in [7, 11) is 0. The van der Waals surface area contributed by atoms with E-state index in [0.29, 0.717) is 0 Å². The van der Waals surface area contributed by atoms with Crippen molar-refractivity contribution in [2.45, 2.75) is 79.1 Å². The van der Waals surface area contributed by atoms with E-state index < -0.39 is 0 Å². The molecule has 0 aromatic carbocycles. The largest absolute Gasteiger partial charge is 0.343 e. The minimum atomic E-state index is 0. The van der Waals surface area contributed by atoms with E-state index in [1.807, 2.05) is 0 Å². The molecule has 0 unspecified atom stereocenters. The van der Waals surface area contributed by atoms with Crippen molar-refractivity contribution >= 4 is 0 Å². The Kier molecular flexibility index (Phi) is 98.1. The average molecular weight is 294 g/mol. The van der Waals surface area contributed by atoms with E-state index in [0.717, 1.165) is 25.7 Å². The van der Waals surface area contributed by atoms with Gasteiger partial charge in [0.15, 0.2) is 0 Å². The second kappa shape index (κ2) is 54.6. The molecular formula is C16H36Zn-4. The summed E-state index contributed by atoms with van der Waals surface area (Å²) < 4.78 is 0. The SMILES string of the molecule is [CH2-]CCC.[CH2-]CCC.[CH2-]CCC.[CH2-]CCC.[Zn]. The third-order valence-electron chi connectivity index (χ3n) is 1.41. The van der Waals surface area contributed by atoms with Crippen molar-refractivity contribution in [2.75, 3.05) is 0 Å². The predicted molar refractivity (Wildman–Crippen MR) is 81.1 cm³/mol. The first-order valence-electron chi connectivity index (χ1n) is 6.83. The summed E-state index contributed by atoms with van der Waals surface area (Å²) in [5.41, 5.74) is 0. The van der Waals surface area contributed by atoms with Gasteiger partial charge in [0.25, 0.3) is 0 Å². The molecule has 0 aromatic rings. The van der Waals surface area contributed by atoms with E-state index in [2.05, 4.69) is 55.4 Å². The quantitative estimate of drug-likeness (QED) is 0.411. The Morgan fingerprint density at radius 2 is 0.529 bits per heavy atom. The Labute approximate surface area is 126 Å². The predicted octanol–water partition coefficient (Wildman–Crippen LogP) is 6.48. The Bertz CT molecular complexity index is 29.5. The second-order valence-electron chi connectivity index (χ2n) is 3.41. The number of hydrogen-bond donors (Lipinski definition) is 0. The van der Waals surface area contributed by atoms with Gasteiger partial charge in [0.05, 0.1) is 0 Å². The van der Waals surface area contributed by atoms with Gasteiger partial charge in [-0.15, -0.1) is 0 Å². The number of rotatable bonds is 4. The van der Waals surface area contributed by atoms with Gasteiger partial charge in [0, 0.05) is 19.5 Å². The maximum atomic E-state index is 3.60. The van der Waals surface area contributed by atoms with Crippen LogP contribution in [0.3, 0.4) is 0 Å². The molecule has 0 aromatic heterocycles. The maximum absolute atomic E-state index is 3.60. The summed E-state index contributed by atoms with van der Waals surface area (Å²) in [5.74, 6) is 0. The van der Waals surface area contributed by atoms with E-state index in [4.69, 9.17) is 0 Å². The molecule has 0 spiro atoms. The summed E-state index contributed by atoms with van der Waals surface area (Å²) in [4.78, 5) is 0. The van der Waals surface area contributed by atoms with Gasteiger partial charge in [-0.3, -0.25) is 0 Å². The normalized spacial score (nSPS) is 7.06. The van der Waals surface area contributed by atoms with Crippen LogP contribution >= 0.6 is 0 Å². The van der Waals surface area contributed by atoms with Gasteiger partial charge in [-0.25, -0.2) is 0 Å². The first-order chi connectivity index (χ1) is 7.66. The molecule has 0 aliphatic heterocycles. The summed E-state index contributed by atoms with van der Waals surface area (Å²) in [5, 5.41) is 0. The molecule has 0 aliphatic rings. The van der Waals surface area contributed by atoms with Gasteiger partial charge in [-0.1, -0.05) is 53.4 Å². The smallest absolute Gasteiger partial charge is 0 e. The van der Waals surface area contributed by atoms with E-state index >= 15 is 0 Å². The van der Waals surface area contributed by atoms with Crippen LogP contribution in [-0.4, -0.2) is 0 Å². The molecule has 0 bridgehead atoms. The Morgan fingerprint density at radius 1 is 0.471 bits per heavy atom. The van der Waals surface area contributed by atoms with Crippen LogP contribution in [0.4, 0.5) is 0 Å². The summed E-state index contributed by atoms with van der Waals surface area (Å²) in [6, 6.07) is 0. The minimum Gasteiger partial charge on any atom is -0.343 e. The molecule has 0 atom stereocenters. The van der Waals surface area contributed by atoms with Crippen LogP contribution in [0.1, 0.15) is 79.1 Å². The molecular weight excluding hydrogens is 258 g/mol. The van der Waals surface area contributed by atoms with Crippen LogP contribution in [0, 0.1) is 27.7 Å². The molecule has 0 N–H and O–H groups in total. The standard InChI is InChI=1S/4C4H9.Zn/c4*1-3-4-2;/h4*1,3-4H2,2H3;/q4*-1;. The van der Waals surface area contributed by atoms with Gasteiger partial charge in [-0.05, 0) is 0 Å². The van der Waals surface area contributed by atoms with Crippen LogP contribution in [-0.2, 0) is 19.5 Å². The molecule has 0 fully saturated rings. The molecule has 0 heterocycles. The number of unbranched alkanes of at least 4 members (excludes halogenated alkanes) is 4. The van der Waals surface area contributed by atoms with Gasteiger partial charge < -0.3 is 27.7 Å². The molecule has 0 amide bonds.